The molecule has 1 nitrogen and oxygen atoms in total. The molecule has 3 heterocycles. The lowest BCUT2D eigenvalue weighted by atomic mass is 10.0. The Kier molecular flexibility index (Phi) is 2.62. The van der Waals surface area contributed by atoms with E-state index in [0.717, 1.165) is 15.6 Å². The van der Waals surface area contributed by atoms with Gasteiger partial charge in [0.1, 0.15) is 8.07 Å². The molecule has 1 aliphatic heterocycles. The highest BCUT2D eigenvalue weighted by atomic mass is 32.1. The van der Waals surface area contributed by atoms with Crippen LogP contribution in [0, 0.1) is 13.7 Å². The summed E-state index contributed by atoms with van der Waals surface area (Å²) < 4.78 is 49.5. The molecule has 146 valence electrons. The second-order valence-electron chi connectivity index (χ2n) is 8.43. The Morgan fingerprint density at radius 1 is 0.800 bits per heavy atom. The third kappa shape index (κ3) is 2.30. The summed E-state index contributed by atoms with van der Waals surface area (Å²) in [6, 6.07) is 20.6. The van der Waals surface area contributed by atoms with Gasteiger partial charge in [0.05, 0.1) is 5.69 Å². The van der Waals surface area contributed by atoms with Gasteiger partial charge >= 0.3 is 0 Å². The van der Waals surface area contributed by atoms with Gasteiger partial charge in [0.25, 0.3) is 0 Å². The first-order chi connectivity index (χ1) is 16.9. The minimum Gasteiger partial charge on any atom is -0.256 e. The summed E-state index contributed by atoms with van der Waals surface area (Å²) in [6.07, 6.45) is 1.21. The van der Waals surface area contributed by atoms with E-state index in [1.54, 1.807) is 11.3 Å². The van der Waals surface area contributed by atoms with E-state index >= 15 is 0 Å². The third-order valence-electron chi connectivity index (χ3n) is 6.36. The zero-order chi connectivity index (χ0) is 25.6. The quantitative estimate of drug-likeness (QED) is 0.277. The molecule has 1 aliphatic rings. The average Bonchev–Trinajstić information content (AvgIpc) is 3.30. The molecule has 0 aliphatic carbocycles. The topological polar surface area (TPSA) is 12.9 Å². The van der Waals surface area contributed by atoms with Crippen LogP contribution in [0.4, 0.5) is 0 Å². The first kappa shape index (κ1) is 12.8. The molecule has 6 rings (SSSR count). The molecule has 0 saturated carbocycles. The van der Waals surface area contributed by atoms with Crippen molar-refractivity contribution in [3.63, 3.8) is 0 Å². The van der Waals surface area contributed by atoms with Crippen molar-refractivity contribution in [3.05, 3.63) is 78.0 Å². The monoisotopic (exact) mass is 427 g/mol. The van der Waals surface area contributed by atoms with E-state index in [0.29, 0.717) is 5.69 Å². The Morgan fingerprint density at radius 2 is 1.60 bits per heavy atom. The second-order valence-corrected chi connectivity index (χ2v) is 13.7. The summed E-state index contributed by atoms with van der Waals surface area (Å²) in [6.45, 7) is -0.303. The first-order valence-electron chi connectivity index (χ1n) is 13.0. The Hall–Kier alpha value is -2.75. The summed E-state index contributed by atoms with van der Waals surface area (Å²) in [7, 11) is -1.91. The number of thiophene rings is 1. The molecule has 2 aromatic heterocycles. The molecule has 0 radical (unpaired) electrons. The van der Waals surface area contributed by atoms with Gasteiger partial charge < -0.3 is 0 Å². The Labute approximate surface area is 190 Å². The molecule has 0 spiro atoms. The highest BCUT2D eigenvalue weighted by molar-refractivity contribution is 7.29. The fourth-order valence-corrected chi connectivity index (χ4v) is 10.4. The molecule has 0 fully saturated rings. The molecular formula is C27H23NSSi. The fraction of sp³-hybridized carbons (Fsp3) is 0.148. The van der Waals surface area contributed by atoms with Crippen molar-refractivity contribution in [1.82, 2.24) is 4.98 Å². The Bertz CT molecular complexity index is 1700. The van der Waals surface area contributed by atoms with Crippen molar-refractivity contribution in [2.45, 2.75) is 26.8 Å². The van der Waals surface area contributed by atoms with Crippen LogP contribution < -0.4 is 10.4 Å². The minimum atomic E-state index is -2.56. The number of aryl methyl sites for hydroxylation is 2. The summed E-state index contributed by atoms with van der Waals surface area (Å²) in [5.41, 5.74) is 3.54. The lowest BCUT2D eigenvalue weighted by molar-refractivity contribution is 1.22. The number of rotatable bonds is 1. The standard InChI is InChI=1S/C27H23NSSi/c1-16-14-23(28-15-17(16)2)22-10-7-9-19-20-12-13-21-18-8-5-6-11-24(18)30(3,4)27(21)26(20)29-25(19)22/h5-15H,1-4H3/i1D3,2D3. The summed E-state index contributed by atoms with van der Waals surface area (Å²) in [5, 5.41) is 5.20. The maximum absolute atomic E-state index is 7.96. The van der Waals surface area contributed by atoms with Gasteiger partial charge in [0.2, 0.25) is 0 Å². The maximum Gasteiger partial charge on any atom is 0.115 e. The molecule has 30 heavy (non-hydrogen) atoms. The lowest BCUT2D eigenvalue weighted by Gasteiger charge is -2.19. The van der Waals surface area contributed by atoms with Gasteiger partial charge in [-0.25, -0.2) is 0 Å². The molecule has 5 aromatic rings. The van der Waals surface area contributed by atoms with E-state index in [4.69, 9.17) is 8.22 Å². The Balaban J connectivity index is 1.63. The van der Waals surface area contributed by atoms with Crippen LogP contribution >= 0.6 is 11.3 Å². The number of hydrogen-bond acceptors (Lipinski definition) is 2. The fourth-order valence-electron chi connectivity index (χ4n) is 4.91. The van der Waals surface area contributed by atoms with Gasteiger partial charge in [0.15, 0.2) is 0 Å². The van der Waals surface area contributed by atoms with Gasteiger partial charge in [-0.2, -0.15) is 0 Å². The first-order valence-corrected chi connectivity index (χ1v) is 13.8. The smallest absolute Gasteiger partial charge is 0.115 e. The zero-order valence-corrected chi connectivity index (χ0v) is 18.5. The van der Waals surface area contributed by atoms with E-state index < -0.39 is 21.8 Å². The van der Waals surface area contributed by atoms with E-state index in [1.165, 1.54) is 43.8 Å². The lowest BCUT2D eigenvalue weighted by Crippen LogP contribution is -2.49. The van der Waals surface area contributed by atoms with Crippen LogP contribution in [-0.2, 0) is 0 Å². The molecule has 3 aromatic carbocycles. The predicted octanol–water partition coefficient (Wildman–Crippen LogP) is 6.54. The largest absolute Gasteiger partial charge is 0.256 e. The van der Waals surface area contributed by atoms with Gasteiger partial charge in [-0.15, -0.1) is 11.3 Å². The van der Waals surface area contributed by atoms with E-state index in [2.05, 4.69) is 60.5 Å². The molecule has 0 N–H and O–H groups in total. The average molecular weight is 428 g/mol. The van der Waals surface area contributed by atoms with Crippen LogP contribution in [0.2, 0.25) is 13.1 Å². The van der Waals surface area contributed by atoms with Crippen LogP contribution in [0.15, 0.2) is 66.9 Å². The number of aromatic nitrogens is 1. The number of benzene rings is 3. The minimum absolute atomic E-state index is 0.171. The zero-order valence-electron chi connectivity index (χ0n) is 22.7. The van der Waals surface area contributed by atoms with Crippen molar-refractivity contribution in [3.8, 4) is 22.4 Å². The molecule has 0 atom stereocenters. The van der Waals surface area contributed by atoms with Gasteiger partial charge in [-0.05, 0) is 52.4 Å². The summed E-state index contributed by atoms with van der Waals surface area (Å²) >= 11 is 1.73. The van der Waals surface area contributed by atoms with E-state index in [9.17, 15) is 0 Å². The van der Waals surface area contributed by atoms with Crippen LogP contribution in [0.5, 0.6) is 0 Å². The highest BCUT2D eigenvalue weighted by Crippen LogP contribution is 2.42. The van der Waals surface area contributed by atoms with Crippen molar-refractivity contribution in [2.75, 3.05) is 0 Å². The molecular weight excluding hydrogens is 398 g/mol. The van der Waals surface area contributed by atoms with Crippen LogP contribution in [-0.4, -0.2) is 13.1 Å². The van der Waals surface area contributed by atoms with Crippen LogP contribution in [0.25, 0.3) is 42.6 Å². The van der Waals surface area contributed by atoms with Crippen molar-refractivity contribution in [2.24, 2.45) is 0 Å². The summed E-state index contributed by atoms with van der Waals surface area (Å²) in [5.74, 6) is 0. The Morgan fingerprint density at radius 3 is 2.47 bits per heavy atom. The maximum atomic E-state index is 7.96. The predicted molar refractivity (Wildman–Crippen MR) is 134 cm³/mol. The molecule has 3 heteroatoms. The van der Waals surface area contributed by atoms with Gasteiger partial charge in [-0.3, -0.25) is 4.98 Å². The van der Waals surface area contributed by atoms with Crippen LogP contribution in [0.1, 0.15) is 19.4 Å². The normalized spacial score (nSPS) is 18.1. The number of pyridine rings is 1. The number of fused-ring (bicyclic) bond motifs is 7. The highest BCUT2D eigenvalue weighted by Gasteiger charge is 2.39. The second kappa shape index (κ2) is 6.13. The summed E-state index contributed by atoms with van der Waals surface area (Å²) in [4.78, 5) is 4.45. The molecule has 0 bridgehead atoms. The molecule has 0 unspecified atom stereocenters. The van der Waals surface area contributed by atoms with Crippen LogP contribution in [0.3, 0.4) is 0 Å². The SMILES string of the molecule is [2H]C([2H])([2H])c1cnc(-c2cccc3c2sc2c4c(ccc23)-c2ccccc2[Si]4(C)C)cc1C([2H])([2H])[2H]. The van der Waals surface area contributed by atoms with Gasteiger partial charge in [0, 0.05) is 40.2 Å². The molecule has 0 amide bonds. The van der Waals surface area contributed by atoms with E-state index in [-0.39, 0.29) is 11.1 Å². The van der Waals surface area contributed by atoms with Crippen molar-refractivity contribution in [1.29, 1.82) is 0 Å². The molecule has 0 saturated heterocycles. The van der Waals surface area contributed by atoms with Gasteiger partial charge in [-0.1, -0.05) is 67.7 Å². The third-order valence-corrected chi connectivity index (χ3v) is 11.4. The van der Waals surface area contributed by atoms with Crippen molar-refractivity contribution < 1.29 is 8.22 Å². The number of hydrogen-bond donors (Lipinski definition) is 0. The van der Waals surface area contributed by atoms with E-state index in [1.807, 2.05) is 12.1 Å². The number of nitrogens with zero attached hydrogens (tertiary/aromatic N) is 1. The van der Waals surface area contributed by atoms with Crippen molar-refractivity contribution >= 4 is 50.0 Å².